The molecule has 1 aromatic heterocycles. The molecule has 0 saturated carbocycles. The van der Waals surface area contributed by atoms with Crippen LogP contribution in [0, 0.1) is 23.5 Å². The molecule has 0 radical (unpaired) electrons. The number of cyclic esters (lactones) is 1. The number of benzene rings is 2. The number of nitrogens with zero attached hydrogens (tertiary/aromatic N) is 1. The van der Waals surface area contributed by atoms with Gasteiger partial charge in [-0.2, -0.15) is 0 Å². The van der Waals surface area contributed by atoms with E-state index in [0.717, 1.165) is 23.8 Å². The van der Waals surface area contributed by atoms with Gasteiger partial charge in [-0.3, -0.25) is 4.98 Å². The Morgan fingerprint density at radius 1 is 1.03 bits per heavy atom. The minimum absolute atomic E-state index is 0.0541. The third-order valence-corrected chi connectivity index (χ3v) is 4.80. The predicted molar refractivity (Wildman–Crippen MR) is 103 cm³/mol. The summed E-state index contributed by atoms with van der Waals surface area (Å²) in [7, 11) is 0. The molecule has 2 heterocycles. The average molecular weight is 390 g/mol. The number of amides is 1. The Bertz CT molecular complexity index is 1140. The highest BCUT2D eigenvalue weighted by molar-refractivity contribution is 5.72. The molecule has 0 spiro atoms. The lowest BCUT2D eigenvalue weighted by molar-refractivity contribution is 0.0460. The lowest BCUT2D eigenvalue weighted by Gasteiger charge is -2.29. The van der Waals surface area contributed by atoms with Crippen molar-refractivity contribution in [2.75, 3.05) is 0 Å². The highest BCUT2D eigenvalue weighted by Crippen LogP contribution is 2.43. The van der Waals surface area contributed by atoms with Crippen LogP contribution in [0.4, 0.5) is 13.6 Å². The monoisotopic (exact) mass is 390 g/mol. The van der Waals surface area contributed by atoms with Crippen LogP contribution >= 0.6 is 0 Å². The van der Waals surface area contributed by atoms with Crippen LogP contribution in [0.1, 0.15) is 35.2 Å². The van der Waals surface area contributed by atoms with Crippen LogP contribution in [0.5, 0.6) is 0 Å². The van der Waals surface area contributed by atoms with Crippen molar-refractivity contribution in [2.24, 2.45) is 0 Å². The molecule has 144 valence electrons. The van der Waals surface area contributed by atoms with E-state index in [4.69, 9.17) is 4.74 Å². The molecule has 1 aliphatic heterocycles. The van der Waals surface area contributed by atoms with Crippen molar-refractivity contribution in [3.63, 3.8) is 0 Å². The summed E-state index contributed by atoms with van der Waals surface area (Å²) in [6.45, 7) is 1.54. The Kier molecular flexibility index (Phi) is 4.73. The van der Waals surface area contributed by atoms with Crippen molar-refractivity contribution < 1.29 is 18.3 Å². The zero-order valence-corrected chi connectivity index (χ0v) is 15.4. The Hall–Kier alpha value is -3.72. The van der Waals surface area contributed by atoms with E-state index in [1.807, 2.05) is 30.3 Å². The maximum absolute atomic E-state index is 14.4. The Morgan fingerprint density at radius 2 is 1.79 bits per heavy atom. The lowest BCUT2D eigenvalue weighted by Crippen LogP contribution is -2.32. The van der Waals surface area contributed by atoms with Gasteiger partial charge in [-0.25, -0.2) is 13.6 Å². The number of hydrogen-bond donors (Lipinski definition) is 1. The van der Waals surface area contributed by atoms with E-state index in [2.05, 4.69) is 22.1 Å². The van der Waals surface area contributed by atoms with Gasteiger partial charge in [-0.05, 0) is 48.9 Å². The summed E-state index contributed by atoms with van der Waals surface area (Å²) >= 11 is 0. The topological polar surface area (TPSA) is 51.2 Å². The highest BCUT2D eigenvalue weighted by Gasteiger charge is 2.49. The normalized spacial score (nSPS) is 20.4. The molecule has 1 N–H and O–H groups in total. The summed E-state index contributed by atoms with van der Waals surface area (Å²) in [4.78, 5) is 16.2. The summed E-state index contributed by atoms with van der Waals surface area (Å²) in [5.74, 6) is 4.78. The van der Waals surface area contributed by atoms with Crippen molar-refractivity contribution in [3.8, 4) is 11.8 Å². The molecule has 1 aliphatic rings. The standard InChI is InChI=1S/C23H16F2N2O2/c1-23(19-12-18(24)9-10-20(19)25)21(27-22(28)29-23)17-11-16(13-26-14-17)8-7-15-5-3-2-4-6-15/h2-6,9-14,21H,1H3,(H,27,28)/t21-,23+/m0/s1. The molecule has 1 saturated heterocycles. The summed E-state index contributed by atoms with van der Waals surface area (Å²) in [5, 5.41) is 2.67. The lowest BCUT2D eigenvalue weighted by atomic mass is 9.84. The van der Waals surface area contributed by atoms with Crippen LogP contribution < -0.4 is 5.32 Å². The van der Waals surface area contributed by atoms with Crippen LogP contribution in [-0.2, 0) is 10.3 Å². The number of carbonyl (C=O) groups is 1. The quantitative estimate of drug-likeness (QED) is 0.658. The third-order valence-electron chi connectivity index (χ3n) is 4.80. The van der Waals surface area contributed by atoms with Crippen molar-refractivity contribution in [2.45, 2.75) is 18.6 Å². The molecule has 2 aromatic carbocycles. The molecule has 0 aliphatic carbocycles. The third kappa shape index (κ3) is 3.67. The number of hydrogen-bond acceptors (Lipinski definition) is 3. The molecule has 0 unspecified atom stereocenters. The first-order valence-electron chi connectivity index (χ1n) is 8.93. The molecule has 2 atom stereocenters. The highest BCUT2D eigenvalue weighted by atomic mass is 19.1. The molecule has 3 aromatic rings. The predicted octanol–water partition coefficient (Wildman–Crippen LogP) is 4.46. The molecule has 29 heavy (non-hydrogen) atoms. The number of nitrogens with one attached hydrogen (secondary N) is 1. The molecule has 1 amide bonds. The van der Waals surface area contributed by atoms with Gasteiger partial charge < -0.3 is 10.1 Å². The number of alkyl carbamates (subject to hydrolysis) is 1. The number of halogens is 2. The van der Waals surface area contributed by atoms with E-state index < -0.39 is 29.4 Å². The fourth-order valence-corrected chi connectivity index (χ4v) is 3.38. The average Bonchev–Trinajstić information content (AvgIpc) is 3.04. The summed E-state index contributed by atoms with van der Waals surface area (Å²) < 4.78 is 33.6. The summed E-state index contributed by atoms with van der Waals surface area (Å²) in [6.07, 6.45) is 2.42. The van der Waals surface area contributed by atoms with Gasteiger partial charge in [0.25, 0.3) is 0 Å². The molecule has 4 rings (SSSR count). The zero-order valence-electron chi connectivity index (χ0n) is 15.4. The molecule has 6 heteroatoms. The number of pyridine rings is 1. The van der Waals surface area contributed by atoms with Gasteiger partial charge in [0, 0.05) is 29.1 Å². The van der Waals surface area contributed by atoms with E-state index in [1.165, 1.54) is 6.92 Å². The first-order valence-corrected chi connectivity index (χ1v) is 8.93. The number of aromatic nitrogens is 1. The van der Waals surface area contributed by atoms with E-state index in [9.17, 15) is 13.6 Å². The number of carbonyl (C=O) groups excluding carboxylic acids is 1. The van der Waals surface area contributed by atoms with Gasteiger partial charge in [0.15, 0.2) is 5.60 Å². The summed E-state index contributed by atoms with van der Waals surface area (Å²) in [5.41, 5.74) is 0.538. The fraction of sp³-hybridized carbons (Fsp3) is 0.130. The first-order chi connectivity index (χ1) is 14.0. The molecular weight excluding hydrogens is 374 g/mol. The SMILES string of the molecule is C[C@]1(c2cc(F)ccc2F)OC(=O)N[C@H]1c1cncc(C#Cc2ccccc2)c1. The Morgan fingerprint density at radius 3 is 2.59 bits per heavy atom. The number of rotatable bonds is 2. The summed E-state index contributed by atoms with van der Waals surface area (Å²) in [6, 6.07) is 13.5. The molecular formula is C23H16F2N2O2. The van der Waals surface area contributed by atoms with Crippen LogP contribution in [0.15, 0.2) is 67.0 Å². The van der Waals surface area contributed by atoms with Crippen LogP contribution in [0.3, 0.4) is 0 Å². The number of ether oxygens (including phenoxy) is 1. The molecule has 4 nitrogen and oxygen atoms in total. The minimum Gasteiger partial charge on any atom is -0.436 e. The zero-order chi connectivity index (χ0) is 20.4. The van der Waals surface area contributed by atoms with E-state index in [-0.39, 0.29) is 5.56 Å². The van der Waals surface area contributed by atoms with Crippen LogP contribution in [0.2, 0.25) is 0 Å². The first kappa shape index (κ1) is 18.6. The second-order valence-corrected chi connectivity index (χ2v) is 6.82. The second-order valence-electron chi connectivity index (χ2n) is 6.82. The smallest absolute Gasteiger partial charge is 0.408 e. The maximum atomic E-state index is 14.4. The Labute approximate surface area is 166 Å². The van der Waals surface area contributed by atoms with Gasteiger partial charge in [0.05, 0.1) is 0 Å². The van der Waals surface area contributed by atoms with Gasteiger partial charge in [-0.1, -0.05) is 30.0 Å². The van der Waals surface area contributed by atoms with Crippen molar-refractivity contribution in [1.29, 1.82) is 0 Å². The maximum Gasteiger partial charge on any atom is 0.408 e. The fourth-order valence-electron chi connectivity index (χ4n) is 3.38. The molecule has 1 fully saturated rings. The van der Waals surface area contributed by atoms with Gasteiger partial charge in [-0.15, -0.1) is 0 Å². The van der Waals surface area contributed by atoms with Gasteiger partial charge in [0.1, 0.15) is 17.7 Å². The van der Waals surface area contributed by atoms with Gasteiger partial charge in [0.2, 0.25) is 0 Å². The van der Waals surface area contributed by atoms with E-state index in [1.54, 1.807) is 18.5 Å². The minimum atomic E-state index is -1.45. The van der Waals surface area contributed by atoms with E-state index >= 15 is 0 Å². The van der Waals surface area contributed by atoms with Crippen molar-refractivity contribution in [1.82, 2.24) is 10.3 Å². The largest absolute Gasteiger partial charge is 0.436 e. The Balaban J connectivity index is 1.73. The van der Waals surface area contributed by atoms with Crippen LogP contribution in [-0.4, -0.2) is 11.1 Å². The van der Waals surface area contributed by atoms with Gasteiger partial charge >= 0.3 is 6.09 Å². The molecule has 0 bridgehead atoms. The van der Waals surface area contributed by atoms with Crippen molar-refractivity contribution >= 4 is 6.09 Å². The van der Waals surface area contributed by atoms with Crippen molar-refractivity contribution in [3.05, 3.63) is 101 Å². The second kappa shape index (κ2) is 7.36. The van der Waals surface area contributed by atoms with E-state index in [0.29, 0.717) is 11.1 Å². The van der Waals surface area contributed by atoms with Crippen LogP contribution in [0.25, 0.3) is 0 Å².